The van der Waals surface area contributed by atoms with E-state index in [2.05, 4.69) is 16.3 Å². The molecule has 0 saturated heterocycles. The Morgan fingerprint density at radius 1 is 1.11 bits per heavy atom. The predicted octanol–water partition coefficient (Wildman–Crippen LogP) is 3.00. The molecule has 0 radical (unpaired) electrons. The molecule has 92 valence electrons. The molecule has 0 bridgehead atoms. The molecule has 0 amide bonds. The fourth-order valence-corrected chi connectivity index (χ4v) is 2.07. The van der Waals surface area contributed by atoms with Crippen molar-refractivity contribution in [2.45, 2.75) is 6.54 Å². The van der Waals surface area contributed by atoms with Crippen LogP contribution in [0.25, 0.3) is 11.0 Å². The highest BCUT2D eigenvalue weighted by atomic mass is 35.5. The Bertz CT molecular complexity index is 785. The van der Waals surface area contributed by atoms with E-state index in [1.54, 1.807) is 23.0 Å². The van der Waals surface area contributed by atoms with Crippen LogP contribution in [0.3, 0.4) is 0 Å². The molecule has 5 heteroatoms. The SMILES string of the molecule is N#Cc1cccc(Cn2nc3ccc(Cl)cc3n2)c1. The number of aromatic nitrogens is 3. The van der Waals surface area contributed by atoms with Gasteiger partial charge in [0.15, 0.2) is 0 Å². The molecule has 0 aliphatic rings. The topological polar surface area (TPSA) is 54.5 Å². The maximum absolute atomic E-state index is 8.87. The number of fused-ring (bicyclic) bond motifs is 1. The third kappa shape index (κ3) is 2.42. The summed E-state index contributed by atoms with van der Waals surface area (Å²) in [7, 11) is 0. The highest BCUT2D eigenvalue weighted by molar-refractivity contribution is 6.31. The van der Waals surface area contributed by atoms with Crippen LogP contribution in [0.2, 0.25) is 5.02 Å². The van der Waals surface area contributed by atoms with Crippen LogP contribution in [0.1, 0.15) is 11.1 Å². The molecule has 0 aliphatic heterocycles. The predicted molar refractivity (Wildman–Crippen MR) is 72.8 cm³/mol. The number of hydrogen-bond acceptors (Lipinski definition) is 3. The van der Waals surface area contributed by atoms with E-state index in [1.165, 1.54) is 0 Å². The lowest BCUT2D eigenvalue weighted by Gasteiger charge is -2.00. The van der Waals surface area contributed by atoms with Crippen molar-refractivity contribution in [2.24, 2.45) is 0 Å². The molecule has 0 atom stereocenters. The van der Waals surface area contributed by atoms with Crippen LogP contribution >= 0.6 is 11.6 Å². The molecule has 3 aromatic rings. The van der Waals surface area contributed by atoms with E-state index in [0.717, 1.165) is 16.6 Å². The first kappa shape index (κ1) is 11.7. The lowest BCUT2D eigenvalue weighted by molar-refractivity contribution is 0.600. The summed E-state index contributed by atoms with van der Waals surface area (Å²) in [6, 6.07) is 14.9. The van der Waals surface area contributed by atoms with Gasteiger partial charge in [0.1, 0.15) is 11.0 Å². The smallest absolute Gasteiger partial charge is 0.114 e. The minimum atomic E-state index is 0.530. The second-order valence-electron chi connectivity index (χ2n) is 4.18. The first-order valence-electron chi connectivity index (χ1n) is 5.74. The Morgan fingerprint density at radius 2 is 1.95 bits per heavy atom. The molecular formula is C14H9ClN4. The van der Waals surface area contributed by atoms with E-state index in [1.807, 2.05) is 24.3 Å². The molecule has 0 saturated carbocycles. The van der Waals surface area contributed by atoms with Crippen LogP contribution < -0.4 is 0 Å². The average Bonchev–Trinajstić information content (AvgIpc) is 2.80. The second-order valence-corrected chi connectivity index (χ2v) is 4.61. The summed E-state index contributed by atoms with van der Waals surface area (Å²) in [5.74, 6) is 0. The van der Waals surface area contributed by atoms with Gasteiger partial charge in [-0.2, -0.15) is 20.3 Å². The van der Waals surface area contributed by atoms with Gasteiger partial charge in [-0.05, 0) is 35.9 Å². The van der Waals surface area contributed by atoms with Gasteiger partial charge < -0.3 is 0 Å². The van der Waals surface area contributed by atoms with Crippen molar-refractivity contribution in [3.8, 4) is 6.07 Å². The van der Waals surface area contributed by atoms with Crippen LogP contribution in [0.4, 0.5) is 0 Å². The van der Waals surface area contributed by atoms with Gasteiger partial charge in [0, 0.05) is 5.02 Å². The zero-order valence-electron chi connectivity index (χ0n) is 9.92. The zero-order valence-corrected chi connectivity index (χ0v) is 10.7. The Labute approximate surface area is 114 Å². The fraction of sp³-hybridized carbons (Fsp3) is 0.0714. The minimum Gasteiger partial charge on any atom is -0.192 e. The van der Waals surface area contributed by atoms with E-state index < -0.39 is 0 Å². The van der Waals surface area contributed by atoms with Gasteiger partial charge in [-0.1, -0.05) is 23.7 Å². The van der Waals surface area contributed by atoms with Gasteiger partial charge in [-0.25, -0.2) is 0 Å². The van der Waals surface area contributed by atoms with E-state index in [4.69, 9.17) is 16.9 Å². The third-order valence-corrected chi connectivity index (χ3v) is 3.00. The second kappa shape index (κ2) is 4.71. The number of hydrogen-bond donors (Lipinski definition) is 0. The van der Waals surface area contributed by atoms with Gasteiger partial charge >= 0.3 is 0 Å². The maximum Gasteiger partial charge on any atom is 0.114 e. The number of rotatable bonds is 2. The molecule has 3 rings (SSSR count). The monoisotopic (exact) mass is 268 g/mol. The van der Waals surface area contributed by atoms with Crippen molar-refractivity contribution in [1.29, 1.82) is 5.26 Å². The molecule has 0 aliphatic carbocycles. The Balaban J connectivity index is 1.94. The summed E-state index contributed by atoms with van der Waals surface area (Å²) >= 11 is 5.91. The normalized spacial score (nSPS) is 10.5. The van der Waals surface area contributed by atoms with Crippen molar-refractivity contribution >= 4 is 22.6 Å². The summed E-state index contributed by atoms with van der Waals surface area (Å²) in [5, 5.41) is 18.2. The largest absolute Gasteiger partial charge is 0.192 e. The maximum atomic E-state index is 8.87. The van der Waals surface area contributed by atoms with E-state index in [9.17, 15) is 0 Å². The third-order valence-electron chi connectivity index (χ3n) is 2.76. The van der Waals surface area contributed by atoms with E-state index in [0.29, 0.717) is 17.1 Å². The molecule has 0 unspecified atom stereocenters. The Hall–Kier alpha value is -2.38. The number of halogens is 1. The standard InChI is InChI=1S/C14H9ClN4/c15-12-4-5-13-14(7-12)18-19(17-13)9-11-3-1-2-10(6-11)8-16/h1-7H,9H2. The van der Waals surface area contributed by atoms with E-state index in [-0.39, 0.29) is 0 Å². The molecular weight excluding hydrogens is 260 g/mol. The van der Waals surface area contributed by atoms with Gasteiger partial charge in [0.05, 0.1) is 18.2 Å². The molecule has 4 nitrogen and oxygen atoms in total. The number of benzene rings is 2. The fourth-order valence-electron chi connectivity index (χ4n) is 1.91. The van der Waals surface area contributed by atoms with Crippen LogP contribution in [-0.4, -0.2) is 15.0 Å². The van der Waals surface area contributed by atoms with Crippen molar-refractivity contribution in [3.05, 3.63) is 58.6 Å². The minimum absolute atomic E-state index is 0.530. The zero-order chi connectivity index (χ0) is 13.2. The van der Waals surface area contributed by atoms with Crippen LogP contribution in [0.15, 0.2) is 42.5 Å². The molecule has 0 N–H and O–H groups in total. The first-order chi connectivity index (χ1) is 9.24. The van der Waals surface area contributed by atoms with Gasteiger partial charge in [-0.15, -0.1) is 0 Å². The van der Waals surface area contributed by atoms with Crippen LogP contribution in [0, 0.1) is 11.3 Å². The number of nitrogens with zero attached hydrogens (tertiary/aromatic N) is 4. The highest BCUT2D eigenvalue weighted by Crippen LogP contribution is 2.16. The molecule has 2 aromatic carbocycles. The molecule has 0 fully saturated rings. The molecule has 0 spiro atoms. The molecule has 1 aromatic heterocycles. The lowest BCUT2D eigenvalue weighted by Crippen LogP contribution is -2.03. The average molecular weight is 269 g/mol. The summed E-state index contributed by atoms with van der Waals surface area (Å²) in [6.45, 7) is 0.530. The molecule has 1 heterocycles. The van der Waals surface area contributed by atoms with Gasteiger partial charge in [0.25, 0.3) is 0 Å². The van der Waals surface area contributed by atoms with Crippen molar-refractivity contribution in [1.82, 2.24) is 15.0 Å². The summed E-state index contributed by atoms with van der Waals surface area (Å²) in [4.78, 5) is 1.61. The molecule has 19 heavy (non-hydrogen) atoms. The van der Waals surface area contributed by atoms with Crippen molar-refractivity contribution in [3.63, 3.8) is 0 Å². The van der Waals surface area contributed by atoms with E-state index >= 15 is 0 Å². The first-order valence-corrected chi connectivity index (χ1v) is 6.12. The van der Waals surface area contributed by atoms with Crippen LogP contribution in [0.5, 0.6) is 0 Å². The van der Waals surface area contributed by atoms with Crippen molar-refractivity contribution in [2.75, 3.05) is 0 Å². The lowest BCUT2D eigenvalue weighted by atomic mass is 10.1. The quantitative estimate of drug-likeness (QED) is 0.718. The Kier molecular flexibility index (Phi) is 2.90. The highest BCUT2D eigenvalue weighted by Gasteiger charge is 2.04. The summed E-state index contributed by atoms with van der Waals surface area (Å²) in [6.07, 6.45) is 0. The van der Waals surface area contributed by atoms with Crippen molar-refractivity contribution < 1.29 is 0 Å². The van der Waals surface area contributed by atoms with Crippen LogP contribution in [-0.2, 0) is 6.54 Å². The van der Waals surface area contributed by atoms with Gasteiger partial charge in [-0.3, -0.25) is 0 Å². The number of nitriles is 1. The van der Waals surface area contributed by atoms with Gasteiger partial charge in [0.2, 0.25) is 0 Å². The summed E-state index contributed by atoms with van der Waals surface area (Å²) < 4.78 is 0. The Morgan fingerprint density at radius 3 is 2.79 bits per heavy atom. The summed E-state index contributed by atoms with van der Waals surface area (Å²) in [5.41, 5.74) is 3.20.